The lowest BCUT2D eigenvalue weighted by Gasteiger charge is -2.28. The van der Waals surface area contributed by atoms with E-state index in [2.05, 4.69) is 15.6 Å². The number of aromatic amines is 1. The molecule has 11 heteroatoms. The van der Waals surface area contributed by atoms with Gasteiger partial charge in [0.05, 0.1) is 16.8 Å². The van der Waals surface area contributed by atoms with Crippen LogP contribution in [0.3, 0.4) is 0 Å². The van der Waals surface area contributed by atoms with Crippen molar-refractivity contribution in [3.8, 4) is 0 Å². The van der Waals surface area contributed by atoms with Gasteiger partial charge in [-0.25, -0.2) is 13.2 Å². The van der Waals surface area contributed by atoms with Gasteiger partial charge in [0, 0.05) is 42.5 Å². The summed E-state index contributed by atoms with van der Waals surface area (Å²) in [6.45, 7) is 4.00. The van der Waals surface area contributed by atoms with E-state index in [1.807, 2.05) is 50.2 Å². The minimum absolute atomic E-state index is 0.0195. The highest BCUT2D eigenvalue weighted by Crippen LogP contribution is 2.36. The second-order valence-corrected chi connectivity index (χ2v) is 13.9. The summed E-state index contributed by atoms with van der Waals surface area (Å²) in [5.74, 6) is -0.423. The molecule has 1 aliphatic carbocycles. The summed E-state index contributed by atoms with van der Waals surface area (Å²) in [5, 5.41) is 6.85. The molecule has 2 aliphatic heterocycles. The molecule has 10 nitrogen and oxygen atoms in total. The molecular formula is C33H34N4O6S. The zero-order valence-corrected chi connectivity index (χ0v) is 25.5. The fourth-order valence-electron chi connectivity index (χ4n) is 5.77. The highest BCUT2D eigenvalue weighted by molar-refractivity contribution is 7.92. The lowest BCUT2D eigenvalue weighted by Crippen LogP contribution is -2.35. The topological polar surface area (TPSA) is 138 Å². The first-order valence-corrected chi connectivity index (χ1v) is 16.1. The number of pyridine rings is 1. The van der Waals surface area contributed by atoms with E-state index in [1.165, 1.54) is 11.0 Å². The summed E-state index contributed by atoms with van der Waals surface area (Å²) < 4.78 is 32.2. The highest BCUT2D eigenvalue weighted by atomic mass is 32.2. The maximum Gasteiger partial charge on any atom is 0.411 e. The Bertz CT molecular complexity index is 1950. The minimum Gasteiger partial charge on any atom is -0.449 e. The fourth-order valence-corrected chi connectivity index (χ4v) is 7.64. The van der Waals surface area contributed by atoms with Crippen LogP contribution in [-0.2, 0) is 25.9 Å². The van der Waals surface area contributed by atoms with Crippen molar-refractivity contribution in [2.75, 3.05) is 24.3 Å². The summed E-state index contributed by atoms with van der Waals surface area (Å²) in [4.78, 5) is 43.7. The van der Waals surface area contributed by atoms with Gasteiger partial charge in [-0.2, -0.15) is 0 Å². The number of sulfone groups is 1. The number of aromatic nitrogens is 1. The second kappa shape index (κ2) is 11.5. The van der Waals surface area contributed by atoms with Gasteiger partial charge in [-0.15, -0.1) is 0 Å². The number of nitrogens with one attached hydrogen (secondary N) is 3. The number of amides is 2. The third-order valence-electron chi connectivity index (χ3n) is 8.32. The number of carbonyl (C=O) groups is 2. The Kier molecular flexibility index (Phi) is 7.66. The Morgan fingerprint density at radius 1 is 0.977 bits per heavy atom. The van der Waals surface area contributed by atoms with Crippen LogP contribution in [-0.4, -0.2) is 49.2 Å². The first-order chi connectivity index (χ1) is 21.0. The summed E-state index contributed by atoms with van der Waals surface area (Å²) in [5.41, 5.74) is 3.71. The largest absolute Gasteiger partial charge is 0.449 e. The first kappa shape index (κ1) is 29.4. The third kappa shape index (κ3) is 5.79. The van der Waals surface area contributed by atoms with Crippen molar-refractivity contribution >= 4 is 44.0 Å². The average molecular weight is 615 g/mol. The lowest BCUT2D eigenvalue weighted by atomic mass is 9.93. The summed E-state index contributed by atoms with van der Waals surface area (Å²) >= 11 is 0. The van der Waals surface area contributed by atoms with E-state index in [0.29, 0.717) is 40.7 Å². The normalized spacial score (nSPS) is 19.5. The quantitative estimate of drug-likeness (QED) is 0.286. The number of H-pyrrole nitrogens is 1. The van der Waals surface area contributed by atoms with Gasteiger partial charge in [0.1, 0.15) is 6.04 Å². The third-order valence-corrected chi connectivity index (χ3v) is 10.7. The standard InChI is InChI=1S/C33H34N4O6S/c1-19-14-22-5-10-27(19)20(2)18-43-33(40)36-24-7-11-29(44(41,42)26-8-9-26)23(15-24)17-37(3)32(39)30(22)35-25-6-4-21-12-13-34-31(38)28(21)16-25/h4-7,10-16,20,26,30,35H,8-9,17-18H2,1-3H3,(H,34,38)(H,36,40)/t20-,30+/m0/s1. The summed E-state index contributed by atoms with van der Waals surface area (Å²) in [6, 6.07) is 16.7. The fraction of sp³-hybridized carbons (Fsp3) is 0.303. The van der Waals surface area contributed by atoms with E-state index in [-0.39, 0.29) is 35.4 Å². The molecule has 1 fully saturated rings. The van der Waals surface area contributed by atoms with Gasteiger partial charge in [0.15, 0.2) is 9.84 Å². The Hall–Kier alpha value is -4.64. The molecule has 1 aromatic heterocycles. The number of nitrogens with zero attached hydrogens (tertiary/aromatic N) is 1. The monoisotopic (exact) mass is 614 g/mol. The molecule has 3 heterocycles. The van der Waals surface area contributed by atoms with E-state index in [4.69, 9.17) is 4.74 Å². The Balaban J connectivity index is 1.44. The van der Waals surface area contributed by atoms with Gasteiger partial charge in [-0.1, -0.05) is 31.2 Å². The van der Waals surface area contributed by atoms with Crippen molar-refractivity contribution in [2.24, 2.45) is 0 Å². The minimum atomic E-state index is -3.60. The molecule has 4 bridgehead atoms. The number of benzene rings is 3. The van der Waals surface area contributed by atoms with Crippen molar-refractivity contribution in [2.45, 2.75) is 55.3 Å². The van der Waals surface area contributed by atoms with Crippen LogP contribution in [0.1, 0.15) is 54.0 Å². The number of rotatable bonds is 4. The van der Waals surface area contributed by atoms with Gasteiger partial charge in [0.25, 0.3) is 5.56 Å². The van der Waals surface area contributed by atoms with E-state index in [9.17, 15) is 22.8 Å². The molecule has 3 aromatic carbocycles. The van der Waals surface area contributed by atoms with Crippen LogP contribution in [0.5, 0.6) is 0 Å². The maximum atomic E-state index is 14.3. The second-order valence-electron chi connectivity index (χ2n) is 11.7. The molecule has 0 unspecified atom stereocenters. The number of carbonyl (C=O) groups excluding carboxylic acids is 2. The van der Waals surface area contributed by atoms with Crippen LogP contribution in [0.25, 0.3) is 10.8 Å². The van der Waals surface area contributed by atoms with Crippen molar-refractivity contribution in [3.05, 3.63) is 99.5 Å². The van der Waals surface area contributed by atoms with Crippen LogP contribution >= 0.6 is 0 Å². The predicted molar refractivity (Wildman–Crippen MR) is 169 cm³/mol. The maximum absolute atomic E-state index is 14.3. The molecule has 4 aromatic rings. The van der Waals surface area contributed by atoms with Crippen LogP contribution in [0.4, 0.5) is 16.2 Å². The van der Waals surface area contributed by atoms with Crippen molar-refractivity contribution in [1.29, 1.82) is 0 Å². The Morgan fingerprint density at radius 2 is 1.77 bits per heavy atom. The number of ether oxygens (including phenoxy) is 1. The summed E-state index contributed by atoms with van der Waals surface area (Å²) in [6.07, 6.45) is 2.13. The molecule has 2 atom stereocenters. The number of anilines is 2. The van der Waals surface area contributed by atoms with E-state index in [0.717, 1.165) is 16.5 Å². The number of fused-ring (bicyclic) bond motifs is 10. The van der Waals surface area contributed by atoms with E-state index >= 15 is 0 Å². The zero-order valence-electron chi connectivity index (χ0n) is 24.7. The average Bonchev–Trinajstić information content (AvgIpc) is 3.85. The van der Waals surface area contributed by atoms with Crippen LogP contribution in [0, 0.1) is 6.92 Å². The SMILES string of the molecule is Cc1cc2ccc1[C@@H](C)COC(=O)Nc1ccc(S(=O)(=O)C3CC3)c(c1)CN(C)C(=O)[C@@H]2Nc1ccc2cc[nH]c(=O)c2c1. The molecule has 44 heavy (non-hydrogen) atoms. The number of aryl methyl sites for hydroxylation is 1. The molecule has 228 valence electrons. The number of hydrogen-bond acceptors (Lipinski definition) is 7. The smallest absolute Gasteiger partial charge is 0.411 e. The molecule has 0 saturated heterocycles. The number of likely N-dealkylation sites (N-methyl/N-ethyl adjacent to an activating group) is 1. The molecular weight excluding hydrogens is 580 g/mol. The summed E-state index contributed by atoms with van der Waals surface area (Å²) in [7, 11) is -1.98. The first-order valence-electron chi connectivity index (χ1n) is 14.6. The molecule has 7 rings (SSSR count). The molecule has 2 amide bonds. The molecule has 1 saturated carbocycles. The van der Waals surface area contributed by atoms with Crippen molar-refractivity contribution < 1.29 is 22.7 Å². The van der Waals surface area contributed by atoms with E-state index in [1.54, 1.807) is 31.4 Å². The molecule has 0 radical (unpaired) electrons. The van der Waals surface area contributed by atoms with Crippen LogP contribution < -0.4 is 16.2 Å². The highest BCUT2D eigenvalue weighted by Gasteiger charge is 2.38. The number of hydrogen-bond donors (Lipinski definition) is 3. The van der Waals surface area contributed by atoms with Crippen LogP contribution in [0.15, 0.2) is 76.6 Å². The van der Waals surface area contributed by atoms with Crippen molar-refractivity contribution in [3.63, 3.8) is 0 Å². The lowest BCUT2D eigenvalue weighted by molar-refractivity contribution is -0.131. The van der Waals surface area contributed by atoms with Gasteiger partial charge >= 0.3 is 6.09 Å². The van der Waals surface area contributed by atoms with Gasteiger partial charge in [0.2, 0.25) is 5.91 Å². The molecule has 0 spiro atoms. The Labute approximate surface area is 255 Å². The Morgan fingerprint density at radius 3 is 2.52 bits per heavy atom. The molecule has 3 aliphatic rings. The van der Waals surface area contributed by atoms with E-state index < -0.39 is 27.2 Å². The molecule has 3 N–H and O–H groups in total. The van der Waals surface area contributed by atoms with Gasteiger partial charge in [-0.3, -0.25) is 14.9 Å². The van der Waals surface area contributed by atoms with Crippen LogP contribution in [0.2, 0.25) is 0 Å². The van der Waals surface area contributed by atoms with Gasteiger partial charge in [-0.05, 0) is 83.8 Å². The predicted octanol–water partition coefficient (Wildman–Crippen LogP) is 5.25. The van der Waals surface area contributed by atoms with Crippen molar-refractivity contribution in [1.82, 2.24) is 9.88 Å². The van der Waals surface area contributed by atoms with Gasteiger partial charge < -0.3 is 19.9 Å². The zero-order chi connectivity index (χ0) is 31.2.